The Morgan fingerprint density at radius 1 is 1.22 bits per heavy atom. The Balaban J connectivity index is 2.18. The number of halogens is 1. The number of amides is 1. The van der Waals surface area contributed by atoms with E-state index in [0.717, 1.165) is 31.4 Å². The van der Waals surface area contributed by atoms with Crippen LogP contribution in [0.15, 0.2) is 23.3 Å². The van der Waals surface area contributed by atoms with E-state index in [1.165, 1.54) is 29.6 Å². The molecular formula is C19H24ClNO2. The van der Waals surface area contributed by atoms with Crippen LogP contribution in [0, 0.1) is 0 Å². The van der Waals surface area contributed by atoms with Crippen LogP contribution < -0.4 is 4.74 Å². The quantitative estimate of drug-likeness (QED) is 0.753. The van der Waals surface area contributed by atoms with E-state index in [-0.39, 0.29) is 11.8 Å². The lowest BCUT2D eigenvalue weighted by atomic mass is 9.79. The second-order valence-corrected chi connectivity index (χ2v) is 7.05. The number of benzene rings is 1. The monoisotopic (exact) mass is 333 g/mol. The Hall–Kier alpha value is -1.48. The highest BCUT2D eigenvalue weighted by molar-refractivity contribution is 6.32. The van der Waals surface area contributed by atoms with Gasteiger partial charge in [-0.25, -0.2) is 0 Å². The van der Waals surface area contributed by atoms with Crippen LogP contribution in [0.4, 0.5) is 0 Å². The summed E-state index contributed by atoms with van der Waals surface area (Å²) in [5.74, 6) is 0.676. The van der Waals surface area contributed by atoms with Crippen LogP contribution in [0.25, 0.3) is 0 Å². The zero-order valence-electron chi connectivity index (χ0n) is 14.1. The summed E-state index contributed by atoms with van der Waals surface area (Å²) < 4.78 is 5.40. The first-order chi connectivity index (χ1) is 11.0. The SMILES string of the molecule is COc1cc2c(cc1Cl)CCN(C)C(=O)C2C1=C(C)CCCC1. The maximum Gasteiger partial charge on any atom is 0.234 e. The van der Waals surface area contributed by atoms with Gasteiger partial charge in [0.15, 0.2) is 0 Å². The van der Waals surface area contributed by atoms with Crippen LogP contribution in [-0.4, -0.2) is 31.5 Å². The first kappa shape index (κ1) is 16.4. The number of hydrogen-bond acceptors (Lipinski definition) is 2. The standard InChI is InChI=1S/C19H24ClNO2/c1-12-6-4-5-7-14(12)18-15-11-17(23-3)16(20)10-13(15)8-9-21(2)19(18)22/h10-11,18H,4-9H2,1-3H3. The molecule has 1 amide bonds. The molecule has 4 heteroatoms. The molecule has 1 atom stereocenters. The molecule has 1 aromatic carbocycles. The van der Waals surface area contributed by atoms with Gasteiger partial charge in [0, 0.05) is 13.6 Å². The molecule has 0 radical (unpaired) electrons. The Morgan fingerprint density at radius 3 is 2.65 bits per heavy atom. The molecule has 2 aliphatic rings. The van der Waals surface area contributed by atoms with E-state index in [9.17, 15) is 4.79 Å². The number of hydrogen-bond donors (Lipinski definition) is 0. The Kier molecular flexibility index (Phi) is 4.67. The zero-order chi connectivity index (χ0) is 16.6. The first-order valence-corrected chi connectivity index (χ1v) is 8.70. The summed E-state index contributed by atoms with van der Waals surface area (Å²) >= 11 is 6.31. The summed E-state index contributed by atoms with van der Waals surface area (Å²) in [7, 11) is 3.52. The fourth-order valence-electron chi connectivity index (χ4n) is 3.81. The fraction of sp³-hybridized carbons (Fsp3) is 0.526. The maximum atomic E-state index is 13.1. The molecule has 0 bridgehead atoms. The van der Waals surface area contributed by atoms with Gasteiger partial charge in [0.2, 0.25) is 5.91 Å². The highest BCUT2D eigenvalue weighted by Gasteiger charge is 2.34. The highest BCUT2D eigenvalue weighted by atomic mass is 35.5. The Bertz CT molecular complexity index is 666. The molecule has 0 spiro atoms. The molecule has 0 saturated carbocycles. The lowest BCUT2D eigenvalue weighted by molar-refractivity contribution is -0.130. The van der Waals surface area contributed by atoms with Crippen molar-refractivity contribution in [1.82, 2.24) is 4.90 Å². The van der Waals surface area contributed by atoms with E-state index in [1.54, 1.807) is 7.11 Å². The van der Waals surface area contributed by atoms with Gasteiger partial charge in [-0.05, 0) is 62.3 Å². The molecule has 1 aliphatic heterocycles. The summed E-state index contributed by atoms with van der Waals surface area (Å²) in [5, 5.41) is 0.622. The van der Waals surface area contributed by atoms with Gasteiger partial charge < -0.3 is 9.64 Å². The van der Waals surface area contributed by atoms with Crippen LogP contribution in [-0.2, 0) is 11.2 Å². The van der Waals surface area contributed by atoms with Crippen molar-refractivity contribution in [2.45, 2.75) is 44.9 Å². The largest absolute Gasteiger partial charge is 0.495 e. The maximum absolute atomic E-state index is 13.1. The third kappa shape index (κ3) is 2.99. The topological polar surface area (TPSA) is 29.5 Å². The van der Waals surface area contributed by atoms with Gasteiger partial charge >= 0.3 is 0 Å². The molecule has 0 fully saturated rings. The predicted molar refractivity (Wildman–Crippen MR) is 93.3 cm³/mol. The van der Waals surface area contributed by atoms with Gasteiger partial charge in [-0.1, -0.05) is 22.7 Å². The average Bonchev–Trinajstić information content (AvgIpc) is 2.65. The average molecular weight is 334 g/mol. The van der Waals surface area contributed by atoms with Crippen molar-refractivity contribution in [1.29, 1.82) is 0 Å². The van der Waals surface area contributed by atoms with Gasteiger partial charge in [-0.3, -0.25) is 4.79 Å². The van der Waals surface area contributed by atoms with Gasteiger partial charge in [0.05, 0.1) is 18.1 Å². The third-order valence-corrected chi connectivity index (χ3v) is 5.50. The molecule has 1 heterocycles. The number of carbonyl (C=O) groups is 1. The first-order valence-electron chi connectivity index (χ1n) is 8.32. The number of allylic oxidation sites excluding steroid dienone is 1. The second kappa shape index (κ2) is 6.56. The second-order valence-electron chi connectivity index (χ2n) is 6.64. The van der Waals surface area contributed by atoms with Crippen LogP contribution in [0.2, 0.25) is 5.02 Å². The number of fused-ring (bicyclic) bond motifs is 1. The van der Waals surface area contributed by atoms with E-state index < -0.39 is 0 Å². The van der Waals surface area contributed by atoms with Crippen molar-refractivity contribution < 1.29 is 9.53 Å². The number of methoxy groups -OCH3 is 1. The van der Waals surface area contributed by atoms with Crippen molar-refractivity contribution in [2.75, 3.05) is 20.7 Å². The number of rotatable bonds is 2. The minimum atomic E-state index is -0.177. The van der Waals surface area contributed by atoms with E-state index in [4.69, 9.17) is 16.3 Å². The predicted octanol–water partition coefficient (Wildman–Crippen LogP) is 4.34. The van der Waals surface area contributed by atoms with Crippen LogP contribution in [0.1, 0.15) is 49.7 Å². The molecule has 0 aromatic heterocycles. The molecule has 1 unspecified atom stereocenters. The molecule has 3 nitrogen and oxygen atoms in total. The summed E-state index contributed by atoms with van der Waals surface area (Å²) in [5.41, 5.74) is 4.94. The molecule has 0 saturated heterocycles. The summed E-state index contributed by atoms with van der Waals surface area (Å²) in [6, 6.07) is 3.96. The lowest BCUT2D eigenvalue weighted by Crippen LogP contribution is -2.32. The van der Waals surface area contributed by atoms with Crippen molar-refractivity contribution in [2.24, 2.45) is 0 Å². The van der Waals surface area contributed by atoms with Crippen LogP contribution in [0.3, 0.4) is 0 Å². The molecule has 1 aliphatic carbocycles. The van der Waals surface area contributed by atoms with Gasteiger partial charge in [0.1, 0.15) is 5.75 Å². The Labute approximate surface area is 143 Å². The van der Waals surface area contributed by atoms with Gasteiger partial charge in [0.25, 0.3) is 0 Å². The minimum absolute atomic E-state index is 0.177. The molecule has 3 rings (SSSR count). The summed E-state index contributed by atoms with van der Waals surface area (Å²) in [6.07, 6.45) is 5.34. The van der Waals surface area contributed by atoms with Crippen molar-refractivity contribution in [3.63, 3.8) is 0 Å². The number of nitrogens with zero attached hydrogens (tertiary/aromatic N) is 1. The molecule has 124 valence electrons. The summed E-state index contributed by atoms with van der Waals surface area (Å²) in [6.45, 7) is 2.91. The van der Waals surface area contributed by atoms with Crippen molar-refractivity contribution in [3.05, 3.63) is 39.4 Å². The van der Waals surface area contributed by atoms with Gasteiger partial charge in [-0.2, -0.15) is 0 Å². The highest BCUT2D eigenvalue weighted by Crippen LogP contribution is 2.42. The number of likely N-dealkylation sites (N-methyl/N-ethyl adjacent to an activating group) is 1. The van der Waals surface area contributed by atoms with E-state index in [2.05, 4.69) is 6.92 Å². The van der Waals surface area contributed by atoms with Gasteiger partial charge in [-0.15, -0.1) is 0 Å². The summed E-state index contributed by atoms with van der Waals surface area (Å²) in [4.78, 5) is 14.9. The molecule has 23 heavy (non-hydrogen) atoms. The molecular weight excluding hydrogens is 310 g/mol. The van der Waals surface area contributed by atoms with E-state index in [0.29, 0.717) is 10.8 Å². The smallest absolute Gasteiger partial charge is 0.234 e. The third-order valence-electron chi connectivity index (χ3n) is 5.21. The number of carbonyl (C=O) groups excluding carboxylic acids is 1. The lowest BCUT2D eigenvalue weighted by Gasteiger charge is -2.28. The van der Waals surface area contributed by atoms with Crippen molar-refractivity contribution >= 4 is 17.5 Å². The molecule has 0 N–H and O–H groups in total. The zero-order valence-corrected chi connectivity index (χ0v) is 14.9. The fourth-order valence-corrected chi connectivity index (χ4v) is 4.07. The Morgan fingerprint density at radius 2 is 1.96 bits per heavy atom. The van der Waals surface area contributed by atoms with E-state index >= 15 is 0 Å². The molecule has 1 aromatic rings. The van der Waals surface area contributed by atoms with E-state index in [1.807, 2.05) is 24.1 Å². The van der Waals surface area contributed by atoms with Crippen LogP contribution in [0.5, 0.6) is 5.75 Å². The normalized spacial score (nSPS) is 22.0. The van der Waals surface area contributed by atoms with Crippen LogP contribution >= 0.6 is 11.6 Å². The van der Waals surface area contributed by atoms with Crippen molar-refractivity contribution in [3.8, 4) is 5.75 Å². The number of ether oxygens (including phenoxy) is 1. The minimum Gasteiger partial charge on any atom is -0.495 e.